The van der Waals surface area contributed by atoms with Gasteiger partial charge in [0.2, 0.25) is 5.91 Å². The molecule has 0 aromatic heterocycles. The van der Waals surface area contributed by atoms with E-state index < -0.39 is 10.0 Å². The lowest BCUT2D eigenvalue weighted by atomic mass is 9.95. The van der Waals surface area contributed by atoms with Crippen molar-refractivity contribution in [3.63, 3.8) is 0 Å². The zero-order chi connectivity index (χ0) is 17.9. The van der Waals surface area contributed by atoms with Crippen LogP contribution >= 0.6 is 0 Å². The second-order valence-corrected chi connectivity index (χ2v) is 8.22. The lowest BCUT2D eigenvalue weighted by Gasteiger charge is -2.32. The number of rotatable bonds is 5. The number of carbonyl (C=O) groups excluding carboxylic acids is 1. The number of benzene rings is 1. The maximum Gasteiger partial charge on any atom is 0.285 e. The van der Waals surface area contributed by atoms with Gasteiger partial charge in [0.1, 0.15) is 4.90 Å². The average Bonchev–Trinajstić information content (AvgIpc) is 2.90. The van der Waals surface area contributed by atoms with Crippen LogP contribution in [0.3, 0.4) is 0 Å². The predicted octanol–water partition coefficient (Wildman–Crippen LogP) is 2.15. The molecule has 7 heteroatoms. The van der Waals surface area contributed by atoms with Crippen molar-refractivity contribution < 1.29 is 13.2 Å². The molecule has 0 radical (unpaired) electrons. The van der Waals surface area contributed by atoms with Crippen molar-refractivity contribution in [1.82, 2.24) is 10.2 Å². The summed E-state index contributed by atoms with van der Waals surface area (Å²) in [6.45, 7) is 4.18. The summed E-state index contributed by atoms with van der Waals surface area (Å²) >= 11 is 0. The number of hydrogen-bond donors (Lipinski definition) is 1. The number of sulfonamides is 1. The van der Waals surface area contributed by atoms with E-state index in [9.17, 15) is 13.2 Å². The molecule has 1 fully saturated rings. The SMILES string of the molecule is CCCCCNC(=O)C1CCN(C2=NS(=O)(=O)c3ccccc32)CC1. The quantitative estimate of drug-likeness (QED) is 0.813. The second-order valence-electron chi connectivity index (χ2n) is 6.65. The lowest BCUT2D eigenvalue weighted by Crippen LogP contribution is -2.43. The van der Waals surface area contributed by atoms with E-state index in [1.54, 1.807) is 18.2 Å². The Kier molecular flexibility index (Phi) is 5.42. The van der Waals surface area contributed by atoms with Crippen molar-refractivity contribution in [2.75, 3.05) is 19.6 Å². The summed E-state index contributed by atoms with van der Waals surface area (Å²) in [5.74, 6) is 0.654. The third-order valence-corrected chi connectivity index (χ3v) is 6.18. The molecular formula is C18H25N3O3S. The van der Waals surface area contributed by atoms with Crippen LogP contribution in [0.2, 0.25) is 0 Å². The van der Waals surface area contributed by atoms with Gasteiger partial charge in [0.05, 0.1) is 0 Å². The monoisotopic (exact) mass is 363 g/mol. The molecule has 2 aliphatic rings. The largest absolute Gasteiger partial charge is 0.356 e. The van der Waals surface area contributed by atoms with E-state index in [0.29, 0.717) is 24.5 Å². The van der Waals surface area contributed by atoms with Gasteiger partial charge < -0.3 is 10.2 Å². The van der Waals surface area contributed by atoms with Crippen molar-refractivity contribution in [3.05, 3.63) is 29.8 Å². The molecule has 1 amide bonds. The summed E-state index contributed by atoms with van der Waals surface area (Å²) in [4.78, 5) is 14.5. The maximum absolute atomic E-state index is 12.2. The molecule has 0 aliphatic carbocycles. The number of amidine groups is 1. The third-order valence-electron chi connectivity index (χ3n) is 4.86. The molecule has 1 N–H and O–H groups in total. The zero-order valence-electron chi connectivity index (χ0n) is 14.6. The summed E-state index contributed by atoms with van der Waals surface area (Å²) in [6, 6.07) is 6.93. The van der Waals surface area contributed by atoms with Crippen LogP contribution < -0.4 is 5.32 Å². The molecule has 0 saturated carbocycles. The molecule has 2 heterocycles. The van der Waals surface area contributed by atoms with E-state index in [2.05, 4.69) is 16.6 Å². The number of nitrogens with zero attached hydrogens (tertiary/aromatic N) is 2. The van der Waals surface area contributed by atoms with Crippen molar-refractivity contribution in [2.24, 2.45) is 10.3 Å². The standard InChI is InChI=1S/C18H25N3O3S/c1-2-3-6-11-19-18(22)14-9-12-21(13-10-14)17-15-7-4-5-8-16(15)25(23,24)20-17/h4-5,7-8,14H,2-3,6,9-13H2,1H3,(H,19,22). The first-order valence-corrected chi connectivity index (χ1v) is 10.4. The third kappa shape index (κ3) is 3.86. The number of hydrogen-bond acceptors (Lipinski definition) is 4. The van der Waals surface area contributed by atoms with E-state index in [1.807, 2.05) is 11.0 Å². The van der Waals surface area contributed by atoms with Crippen molar-refractivity contribution in [1.29, 1.82) is 0 Å². The molecule has 0 unspecified atom stereocenters. The van der Waals surface area contributed by atoms with Gasteiger partial charge in [-0.3, -0.25) is 4.79 Å². The summed E-state index contributed by atoms with van der Waals surface area (Å²) in [5.41, 5.74) is 0.671. The Balaban J connectivity index is 1.59. The van der Waals surface area contributed by atoms with Crippen LogP contribution in [0.1, 0.15) is 44.6 Å². The Morgan fingerprint density at radius 1 is 1.24 bits per heavy atom. The minimum absolute atomic E-state index is 0.00623. The average molecular weight is 363 g/mol. The van der Waals surface area contributed by atoms with Gasteiger partial charge in [-0.2, -0.15) is 8.42 Å². The van der Waals surface area contributed by atoms with Gasteiger partial charge in [-0.1, -0.05) is 31.9 Å². The minimum atomic E-state index is -3.58. The van der Waals surface area contributed by atoms with Gasteiger partial charge in [-0.05, 0) is 31.4 Å². The van der Waals surface area contributed by atoms with Crippen LogP contribution in [0.5, 0.6) is 0 Å². The number of amides is 1. The van der Waals surface area contributed by atoms with Gasteiger partial charge in [0.25, 0.3) is 10.0 Å². The number of piperidine rings is 1. The fourth-order valence-corrected chi connectivity index (χ4v) is 4.63. The lowest BCUT2D eigenvalue weighted by molar-refractivity contribution is -0.126. The Morgan fingerprint density at radius 2 is 1.96 bits per heavy atom. The van der Waals surface area contributed by atoms with Crippen LogP contribution in [-0.2, 0) is 14.8 Å². The van der Waals surface area contributed by atoms with Crippen molar-refractivity contribution >= 4 is 21.8 Å². The van der Waals surface area contributed by atoms with E-state index in [4.69, 9.17) is 0 Å². The zero-order valence-corrected chi connectivity index (χ0v) is 15.4. The first-order chi connectivity index (χ1) is 12.0. The normalized spacial score (nSPS) is 19.4. The first-order valence-electron chi connectivity index (χ1n) is 9.00. The Morgan fingerprint density at radius 3 is 2.68 bits per heavy atom. The van der Waals surface area contributed by atoms with Crippen molar-refractivity contribution in [2.45, 2.75) is 43.9 Å². The highest BCUT2D eigenvalue weighted by Crippen LogP contribution is 2.29. The van der Waals surface area contributed by atoms with Crippen LogP contribution in [0.25, 0.3) is 0 Å². The molecule has 25 heavy (non-hydrogen) atoms. The van der Waals surface area contributed by atoms with E-state index in [1.165, 1.54) is 0 Å². The Hall–Kier alpha value is -1.89. The molecule has 3 rings (SSSR count). The molecule has 1 saturated heterocycles. The minimum Gasteiger partial charge on any atom is -0.356 e. The summed E-state index contributed by atoms with van der Waals surface area (Å²) in [6.07, 6.45) is 4.74. The molecule has 0 atom stereocenters. The highest BCUT2D eigenvalue weighted by molar-refractivity contribution is 7.90. The molecule has 1 aromatic rings. The van der Waals surface area contributed by atoms with E-state index in [-0.39, 0.29) is 16.7 Å². The van der Waals surface area contributed by atoms with Gasteiger partial charge in [-0.25, -0.2) is 0 Å². The predicted molar refractivity (Wildman–Crippen MR) is 97.0 cm³/mol. The fourth-order valence-electron chi connectivity index (χ4n) is 3.40. The first kappa shape index (κ1) is 17.9. The van der Waals surface area contributed by atoms with Crippen LogP contribution in [0, 0.1) is 5.92 Å². The fraction of sp³-hybridized carbons (Fsp3) is 0.556. The van der Waals surface area contributed by atoms with Gasteiger partial charge in [-0.15, -0.1) is 4.40 Å². The molecular weight excluding hydrogens is 338 g/mol. The number of nitrogens with one attached hydrogen (secondary N) is 1. The summed E-state index contributed by atoms with van der Waals surface area (Å²) < 4.78 is 28.3. The van der Waals surface area contributed by atoms with Crippen LogP contribution in [-0.4, -0.2) is 44.7 Å². The molecule has 136 valence electrons. The molecule has 0 bridgehead atoms. The molecule has 6 nitrogen and oxygen atoms in total. The van der Waals surface area contributed by atoms with Gasteiger partial charge in [0.15, 0.2) is 5.84 Å². The van der Waals surface area contributed by atoms with Gasteiger partial charge >= 0.3 is 0 Å². The topological polar surface area (TPSA) is 78.8 Å². The Labute approximate surface area is 149 Å². The van der Waals surface area contributed by atoms with Gasteiger partial charge in [0, 0.05) is 31.1 Å². The number of unbranched alkanes of at least 4 members (excludes halogenated alkanes) is 2. The van der Waals surface area contributed by atoms with Crippen molar-refractivity contribution in [3.8, 4) is 0 Å². The summed E-state index contributed by atoms with van der Waals surface area (Å²) in [7, 11) is -3.58. The highest BCUT2D eigenvalue weighted by Gasteiger charge is 2.34. The molecule has 1 aromatic carbocycles. The Bertz CT molecular complexity index is 766. The number of likely N-dealkylation sites (tertiary alicyclic amines) is 1. The summed E-state index contributed by atoms with van der Waals surface area (Å²) in [5, 5.41) is 3.02. The van der Waals surface area contributed by atoms with Crippen LogP contribution in [0.4, 0.5) is 0 Å². The molecule has 0 spiro atoms. The number of fused-ring (bicyclic) bond motifs is 1. The number of carbonyl (C=O) groups is 1. The smallest absolute Gasteiger partial charge is 0.285 e. The van der Waals surface area contributed by atoms with E-state index in [0.717, 1.165) is 38.6 Å². The molecule has 2 aliphatic heterocycles. The maximum atomic E-state index is 12.2. The van der Waals surface area contributed by atoms with Crippen LogP contribution in [0.15, 0.2) is 33.6 Å². The van der Waals surface area contributed by atoms with E-state index >= 15 is 0 Å². The second kappa shape index (κ2) is 7.56. The highest BCUT2D eigenvalue weighted by atomic mass is 32.2.